The molecule has 1 radical (unpaired) electrons. The van der Waals surface area contributed by atoms with Crippen LogP contribution in [-0.4, -0.2) is 12.6 Å². The van der Waals surface area contributed by atoms with Gasteiger partial charge in [-0.05, 0) is 13.3 Å². The SMILES string of the molecule is CCOC(C)=O.C[CH]C. The molecular formula is C7H15O2. The maximum Gasteiger partial charge on any atom is 0.302 e. The van der Waals surface area contributed by atoms with E-state index in [1.165, 1.54) is 6.92 Å². The van der Waals surface area contributed by atoms with Gasteiger partial charge in [0, 0.05) is 6.92 Å². The van der Waals surface area contributed by atoms with Crippen molar-refractivity contribution in [2.24, 2.45) is 0 Å². The molecule has 0 N–H and O–H groups in total. The quantitative estimate of drug-likeness (QED) is 0.507. The van der Waals surface area contributed by atoms with Gasteiger partial charge in [-0.3, -0.25) is 4.79 Å². The van der Waals surface area contributed by atoms with Crippen LogP contribution in [0.4, 0.5) is 0 Å². The van der Waals surface area contributed by atoms with Crippen molar-refractivity contribution in [2.75, 3.05) is 6.61 Å². The summed E-state index contributed by atoms with van der Waals surface area (Å²) in [5, 5.41) is 0. The summed E-state index contributed by atoms with van der Waals surface area (Å²) in [5.74, 6) is -0.211. The van der Waals surface area contributed by atoms with Crippen molar-refractivity contribution in [2.45, 2.75) is 27.7 Å². The molecule has 55 valence electrons. The van der Waals surface area contributed by atoms with Crippen molar-refractivity contribution in [3.05, 3.63) is 6.42 Å². The fraction of sp³-hybridized carbons (Fsp3) is 0.714. The first-order valence-electron chi connectivity index (χ1n) is 3.06. The Morgan fingerprint density at radius 2 is 1.89 bits per heavy atom. The highest BCUT2D eigenvalue weighted by Crippen LogP contribution is 1.69. The number of rotatable bonds is 1. The molecule has 0 aromatic rings. The summed E-state index contributed by atoms with van der Waals surface area (Å²) in [6.07, 6.45) is 2.00. The van der Waals surface area contributed by atoms with Crippen molar-refractivity contribution in [1.29, 1.82) is 0 Å². The minimum Gasteiger partial charge on any atom is -0.466 e. The summed E-state index contributed by atoms with van der Waals surface area (Å²) in [5.41, 5.74) is 0. The van der Waals surface area contributed by atoms with Crippen molar-refractivity contribution in [3.8, 4) is 0 Å². The molecule has 0 atom stereocenters. The van der Waals surface area contributed by atoms with Crippen LogP contribution < -0.4 is 0 Å². The molecule has 0 aliphatic carbocycles. The molecule has 0 saturated carbocycles. The average molecular weight is 131 g/mol. The second-order valence-corrected chi connectivity index (χ2v) is 1.50. The zero-order chi connectivity index (χ0) is 7.70. The van der Waals surface area contributed by atoms with E-state index in [2.05, 4.69) is 4.74 Å². The first kappa shape index (κ1) is 11.3. The largest absolute Gasteiger partial charge is 0.466 e. The lowest BCUT2D eigenvalue weighted by Gasteiger charge is -1.89. The van der Waals surface area contributed by atoms with Crippen LogP contribution in [0.3, 0.4) is 0 Å². The second kappa shape index (κ2) is 10.5. The Hall–Kier alpha value is -0.530. The third-order valence-electron chi connectivity index (χ3n) is 0.348. The Labute approximate surface area is 57.2 Å². The number of carbonyl (C=O) groups is 1. The summed E-state index contributed by atoms with van der Waals surface area (Å²) < 4.78 is 4.40. The molecule has 0 aliphatic heterocycles. The molecule has 0 unspecified atom stereocenters. The molecule has 0 aliphatic rings. The van der Waals surface area contributed by atoms with Crippen LogP contribution in [0.2, 0.25) is 0 Å². The van der Waals surface area contributed by atoms with Crippen LogP contribution in [0.25, 0.3) is 0 Å². The average Bonchev–Trinajstić information content (AvgIpc) is 1.67. The molecule has 9 heavy (non-hydrogen) atoms. The third-order valence-corrected chi connectivity index (χ3v) is 0.348. The minimum atomic E-state index is -0.211. The molecule has 0 fully saturated rings. The molecular weight excluding hydrogens is 116 g/mol. The van der Waals surface area contributed by atoms with E-state index in [4.69, 9.17) is 0 Å². The maximum atomic E-state index is 9.82. The molecule has 0 amide bonds. The summed E-state index contributed by atoms with van der Waals surface area (Å²) >= 11 is 0. The van der Waals surface area contributed by atoms with Crippen LogP contribution in [0.5, 0.6) is 0 Å². The van der Waals surface area contributed by atoms with Crippen LogP contribution in [0.15, 0.2) is 0 Å². The zero-order valence-electron chi connectivity index (χ0n) is 6.60. The van der Waals surface area contributed by atoms with E-state index in [1.54, 1.807) is 6.92 Å². The number of esters is 1. The van der Waals surface area contributed by atoms with Gasteiger partial charge in [0.25, 0.3) is 0 Å². The Kier molecular flexibility index (Phi) is 13.1. The first-order valence-corrected chi connectivity index (χ1v) is 3.06. The molecule has 0 heterocycles. The molecule has 0 bridgehead atoms. The molecule has 2 nitrogen and oxygen atoms in total. The van der Waals surface area contributed by atoms with E-state index in [9.17, 15) is 4.79 Å². The van der Waals surface area contributed by atoms with Gasteiger partial charge in [-0.2, -0.15) is 0 Å². The molecule has 0 aromatic carbocycles. The van der Waals surface area contributed by atoms with E-state index >= 15 is 0 Å². The van der Waals surface area contributed by atoms with E-state index in [1.807, 2.05) is 20.3 Å². The van der Waals surface area contributed by atoms with Gasteiger partial charge in [0.1, 0.15) is 0 Å². The number of hydrogen-bond donors (Lipinski definition) is 0. The zero-order valence-corrected chi connectivity index (χ0v) is 6.60. The maximum absolute atomic E-state index is 9.82. The van der Waals surface area contributed by atoms with Crippen LogP contribution in [0.1, 0.15) is 27.7 Å². The lowest BCUT2D eigenvalue weighted by Crippen LogP contribution is -1.95. The van der Waals surface area contributed by atoms with E-state index in [0.29, 0.717) is 6.61 Å². The number of ether oxygens (including phenoxy) is 1. The van der Waals surface area contributed by atoms with Crippen molar-refractivity contribution in [3.63, 3.8) is 0 Å². The van der Waals surface area contributed by atoms with Gasteiger partial charge >= 0.3 is 5.97 Å². The summed E-state index contributed by atoms with van der Waals surface area (Å²) in [7, 11) is 0. The highest BCUT2D eigenvalue weighted by atomic mass is 16.5. The van der Waals surface area contributed by atoms with Crippen LogP contribution >= 0.6 is 0 Å². The lowest BCUT2D eigenvalue weighted by molar-refractivity contribution is -0.140. The summed E-state index contributed by atoms with van der Waals surface area (Å²) in [6, 6.07) is 0. The Balaban J connectivity index is 0. The third kappa shape index (κ3) is 36.6. The molecule has 0 rings (SSSR count). The fourth-order valence-corrected chi connectivity index (χ4v) is 0.203. The van der Waals surface area contributed by atoms with Gasteiger partial charge in [-0.25, -0.2) is 0 Å². The van der Waals surface area contributed by atoms with Gasteiger partial charge in [0.15, 0.2) is 0 Å². The highest BCUT2D eigenvalue weighted by Gasteiger charge is 1.81. The Bertz CT molecular complexity index is 59.9. The van der Waals surface area contributed by atoms with Crippen molar-refractivity contribution >= 4 is 5.97 Å². The van der Waals surface area contributed by atoms with Gasteiger partial charge in [-0.1, -0.05) is 13.8 Å². The smallest absolute Gasteiger partial charge is 0.302 e. The fourth-order valence-electron chi connectivity index (χ4n) is 0.203. The highest BCUT2D eigenvalue weighted by molar-refractivity contribution is 5.65. The van der Waals surface area contributed by atoms with E-state index < -0.39 is 0 Å². The Morgan fingerprint density at radius 1 is 1.56 bits per heavy atom. The number of hydrogen-bond acceptors (Lipinski definition) is 2. The predicted octanol–water partition coefficient (Wildman–Crippen LogP) is 1.80. The normalized spacial score (nSPS) is 7.11. The molecule has 0 aromatic heterocycles. The Morgan fingerprint density at radius 3 is 1.89 bits per heavy atom. The lowest BCUT2D eigenvalue weighted by atomic mass is 10.6. The first-order chi connectivity index (χ1) is 4.18. The molecule has 2 heteroatoms. The van der Waals surface area contributed by atoms with Gasteiger partial charge in [0.05, 0.1) is 6.61 Å². The molecule has 0 saturated heterocycles. The van der Waals surface area contributed by atoms with E-state index in [-0.39, 0.29) is 5.97 Å². The van der Waals surface area contributed by atoms with Crippen molar-refractivity contribution in [1.82, 2.24) is 0 Å². The van der Waals surface area contributed by atoms with Crippen LogP contribution in [0, 0.1) is 6.42 Å². The van der Waals surface area contributed by atoms with Gasteiger partial charge in [-0.15, -0.1) is 0 Å². The monoisotopic (exact) mass is 131 g/mol. The number of carbonyl (C=O) groups excluding carboxylic acids is 1. The van der Waals surface area contributed by atoms with Gasteiger partial charge in [0.2, 0.25) is 0 Å². The van der Waals surface area contributed by atoms with Crippen LogP contribution in [-0.2, 0) is 9.53 Å². The second-order valence-electron chi connectivity index (χ2n) is 1.50. The summed E-state index contributed by atoms with van der Waals surface area (Å²) in [4.78, 5) is 9.82. The topological polar surface area (TPSA) is 26.3 Å². The summed E-state index contributed by atoms with van der Waals surface area (Å²) in [6.45, 7) is 7.65. The standard InChI is InChI=1S/C4H8O2.C3H7/c1-3-6-4(2)5;1-3-2/h3H2,1-2H3;3H,1-2H3. The minimum absolute atomic E-state index is 0.211. The predicted molar refractivity (Wildman–Crippen MR) is 38.0 cm³/mol. The molecule has 0 spiro atoms. The van der Waals surface area contributed by atoms with Gasteiger partial charge < -0.3 is 4.74 Å². The van der Waals surface area contributed by atoms with E-state index in [0.717, 1.165) is 0 Å². The van der Waals surface area contributed by atoms with Crippen molar-refractivity contribution < 1.29 is 9.53 Å².